The standard InChI is InChI=1S/C20H19O2P/c1-2-17-11-9-10-16-20(17)22-23(21,18-12-5-3-6-13-18)19-14-7-4-8-15-19/h3-16H,2H2,1H3. The lowest BCUT2D eigenvalue weighted by Crippen LogP contribution is -2.20. The third kappa shape index (κ3) is 3.23. The van der Waals surface area contributed by atoms with Crippen molar-refractivity contribution in [1.29, 1.82) is 0 Å². The van der Waals surface area contributed by atoms with Crippen molar-refractivity contribution < 1.29 is 9.09 Å². The van der Waals surface area contributed by atoms with Crippen LogP contribution in [-0.2, 0) is 11.0 Å². The Bertz CT molecular complexity index is 770. The van der Waals surface area contributed by atoms with E-state index in [0.717, 1.165) is 12.0 Å². The molecule has 0 atom stereocenters. The van der Waals surface area contributed by atoms with Crippen LogP contribution in [0.3, 0.4) is 0 Å². The summed E-state index contributed by atoms with van der Waals surface area (Å²) in [6, 6.07) is 26.6. The van der Waals surface area contributed by atoms with Gasteiger partial charge in [-0.3, -0.25) is 4.57 Å². The molecule has 3 aromatic carbocycles. The van der Waals surface area contributed by atoms with Crippen molar-refractivity contribution in [2.45, 2.75) is 13.3 Å². The number of benzene rings is 3. The van der Waals surface area contributed by atoms with Gasteiger partial charge in [-0.25, -0.2) is 0 Å². The van der Waals surface area contributed by atoms with Gasteiger partial charge in [-0.15, -0.1) is 0 Å². The smallest absolute Gasteiger partial charge is 0.306 e. The fourth-order valence-corrected chi connectivity index (χ4v) is 4.62. The second kappa shape index (κ2) is 6.85. The quantitative estimate of drug-likeness (QED) is 0.644. The summed E-state index contributed by atoms with van der Waals surface area (Å²) in [6.07, 6.45) is 0.833. The Kier molecular flexibility index (Phi) is 4.64. The predicted molar refractivity (Wildman–Crippen MR) is 96.2 cm³/mol. The maximum atomic E-state index is 13.8. The van der Waals surface area contributed by atoms with Gasteiger partial charge in [0.2, 0.25) is 0 Å². The predicted octanol–water partition coefficient (Wildman–Crippen LogP) is 4.56. The highest BCUT2D eigenvalue weighted by Gasteiger charge is 2.30. The summed E-state index contributed by atoms with van der Waals surface area (Å²) in [5.74, 6) is 0.686. The number of rotatable bonds is 5. The van der Waals surface area contributed by atoms with Crippen molar-refractivity contribution >= 4 is 18.0 Å². The highest BCUT2D eigenvalue weighted by molar-refractivity contribution is 7.74. The Labute approximate surface area is 137 Å². The summed E-state index contributed by atoms with van der Waals surface area (Å²) in [7, 11) is -3.19. The number of hydrogen-bond acceptors (Lipinski definition) is 2. The average molecular weight is 322 g/mol. The zero-order valence-corrected chi connectivity index (χ0v) is 13.9. The van der Waals surface area contributed by atoms with Gasteiger partial charge in [0, 0.05) is 0 Å². The molecule has 0 saturated carbocycles. The van der Waals surface area contributed by atoms with Crippen LogP contribution in [0.2, 0.25) is 0 Å². The fraction of sp³-hybridized carbons (Fsp3) is 0.100. The lowest BCUT2D eigenvalue weighted by molar-refractivity contribution is 0.500. The molecule has 0 aromatic heterocycles. The van der Waals surface area contributed by atoms with E-state index in [1.54, 1.807) is 0 Å². The largest absolute Gasteiger partial charge is 0.437 e. The average Bonchev–Trinajstić information content (AvgIpc) is 2.63. The first-order valence-corrected chi connectivity index (χ1v) is 9.35. The zero-order chi connectivity index (χ0) is 16.1. The molecule has 0 saturated heterocycles. The minimum Gasteiger partial charge on any atom is -0.437 e. The van der Waals surface area contributed by atoms with Crippen molar-refractivity contribution in [3.8, 4) is 5.75 Å². The molecule has 0 fully saturated rings. The molecule has 0 radical (unpaired) electrons. The molecule has 0 aliphatic rings. The molecule has 3 heteroatoms. The summed E-state index contributed by atoms with van der Waals surface area (Å²) in [5, 5.41) is 1.41. The van der Waals surface area contributed by atoms with Gasteiger partial charge >= 0.3 is 7.37 Å². The molecule has 23 heavy (non-hydrogen) atoms. The monoisotopic (exact) mass is 322 g/mol. The second-order valence-corrected chi connectivity index (χ2v) is 7.59. The molecule has 3 aromatic rings. The van der Waals surface area contributed by atoms with Gasteiger partial charge < -0.3 is 4.52 Å². The first-order valence-electron chi connectivity index (χ1n) is 7.73. The second-order valence-electron chi connectivity index (χ2n) is 5.28. The van der Waals surface area contributed by atoms with Crippen molar-refractivity contribution in [1.82, 2.24) is 0 Å². The lowest BCUT2D eigenvalue weighted by Gasteiger charge is -2.21. The van der Waals surface area contributed by atoms with E-state index in [9.17, 15) is 4.57 Å². The van der Waals surface area contributed by atoms with Crippen LogP contribution in [0.25, 0.3) is 0 Å². The molecule has 3 rings (SSSR count). The summed E-state index contributed by atoms with van der Waals surface area (Å²) in [4.78, 5) is 0. The normalized spacial score (nSPS) is 11.2. The van der Waals surface area contributed by atoms with E-state index in [2.05, 4.69) is 6.92 Å². The van der Waals surface area contributed by atoms with Gasteiger partial charge in [0.05, 0.1) is 10.6 Å². The first-order chi connectivity index (χ1) is 11.2. The third-order valence-electron chi connectivity index (χ3n) is 3.77. The van der Waals surface area contributed by atoms with E-state index in [1.165, 1.54) is 0 Å². The van der Waals surface area contributed by atoms with Gasteiger partial charge in [-0.1, -0.05) is 61.5 Å². The summed E-state index contributed by atoms with van der Waals surface area (Å²) >= 11 is 0. The number of aryl methyl sites for hydroxylation is 1. The van der Waals surface area contributed by atoms with Gasteiger partial charge in [0.15, 0.2) is 0 Å². The molecule has 2 nitrogen and oxygen atoms in total. The lowest BCUT2D eigenvalue weighted by atomic mass is 10.1. The van der Waals surface area contributed by atoms with E-state index in [1.807, 2.05) is 84.9 Å². The molecular weight excluding hydrogens is 303 g/mol. The molecule has 0 spiro atoms. The van der Waals surface area contributed by atoms with Crippen LogP contribution in [0, 0.1) is 0 Å². The van der Waals surface area contributed by atoms with Gasteiger partial charge in [-0.05, 0) is 42.3 Å². The first kappa shape index (κ1) is 15.6. The summed E-state index contributed by atoms with van der Waals surface area (Å²) < 4.78 is 20.0. The highest BCUT2D eigenvalue weighted by atomic mass is 31.2. The van der Waals surface area contributed by atoms with Crippen molar-refractivity contribution in [3.05, 3.63) is 90.5 Å². The molecule has 116 valence electrons. The Morgan fingerprint density at radius 2 is 1.22 bits per heavy atom. The summed E-state index contributed by atoms with van der Waals surface area (Å²) in [5.41, 5.74) is 1.06. The van der Waals surface area contributed by atoms with Crippen LogP contribution < -0.4 is 15.1 Å². The van der Waals surface area contributed by atoms with Crippen LogP contribution in [0.15, 0.2) is 84.9 Å². The van der Waals surface area contributed by atoms with Crippen molar-refractivity contribution in [3.63, 3.8) is 0 Å². The van der Waals surface area contributed by atoms with E-state index < -0.39 is 7.37 Å². The molecule has 0 unspecified atom stereocenters. The zero-order valence-electron chi connectivity index (χ0n) is 13.1. The van der Waals surface area contributed by atoms with Crippen LogP contribution in [0.4, 0.5) is 0 Å². The maximum absolute atomic E-state index is 13.8. The Hall–Kier alpha value is -2.31. The number of para-hydroxylation sites is 1. The Morgan fingerprint density at radius 1 is 0.739 bits per heavy atom. The van der Waals surface area contributed by atoms with E-state index in [0.29, 0.717) is 16.4 Å². The van der Waals surface area contributed by atoms with Crippen molar-refractivity contribution in [2.24, 2.45) is 0 Å². The topological polar surface area (TPSA) is 26.3 Å². The van der Waals surface area contributed by atoms with Crippen molar-refractivity contribution in [2.75, 3.05) is 0 Å². The molecule has 0 N–H and O–H groups in total. The van der Waals surface area contributed by atoms with Crippen LogP contribution in [0.5, 0.6) is 5.75 Å². The van der Waals surface area contributed by atoms with Gasteiger partial charge in [0.1, 0.15) is 5.75 Å². The molecule has 0 bridgehead atoms. The maximum Gasteiger partial charge on any atom is 0.306 e. The summed E-state index contributed by atoms with van der Waals surface area (Å²) in [6.45, 7) is 2.07. The van der Waals surface area contributed by atoms with Gasteiger partial charge in [0.25, 0.3) is 0 Å². The van der Waals surface area contributed by atoms with Crippen LogP contribution in [-0.4, -0.2) is 0 Å². The van der Waals surface area contributed by atoms with E-state index >= 15 is 0 Å². The SMILES string of the molecule is CCc1ccccc1OP(=O)(c1ccccc1)c1ccccc1. The van der Waals surface area contributed by atoms with E-state index in [-0.39, 0.29) is 0 Å². The number of hydrogen-bond donors (Lipinski definition) is 0. The van der Waals surface area contributed by atoms with Crippen LogP contribution in [0.1, 0.15) is 12.5 Å². The Morgan fingerprint density at radius 3 is 1.74 bits per heavy atom. The fourth-order valence-electron chi connectivity index (χ4n) is 2.53. The molecular formula is C20H19O2P. The van der Waals surface area contributed by atoms with E-state index in [4.69, 9.17) is 4.52 Å². The van der Waals surface area contributed by atoms with Crippen LogP contribution >= 0.6 is 7.37 Å². The Balaban J connectivity index is 2.12. The molecule has 0 heterocycles. The highest BCUT2D eigenvalue weighted by Crippen LogP contribution is 2.45. The minimum absolute atomic E-state index is 0.686. The minimum atomic E-state index is -3.19. The molecule has 0 amide bonds. The molecule has 0 aliphatic carbocycles. The van der Waals surface area contributed by atoms with Gasteiger partial charge in [-0.2, -0.15) is 0 Å². The third-order valence-corrected chi connectivity index (χ3v) is 6.18. The molecule has 0 aliphatic heterocycles.